The number of nitrogens with zero attached hydrogens (tertiary/aromatic N) is 2. The van der Waals surface area contributed by atoms with Gasteiger partial charge in [-0.05, 0) is 17.7 Å². The summed E-state index contributed by atoms with van der Waals surface area (Å²) >= 11 is 5.95. The highest BCUT2D eigenvalue weighted by Crippen LogP contribution is 2.22. The molecule has 1 heterocycles. The molecular formula is C11H13ClN4. The molecule has 0 aliphatic carbocycles. The average Bonchev–Trinajstić information content (AvgIpc) is 2.67. The molecule has 0 bridgehead atoms. The van der Waals surface area contributed by atoms with Crippen molar-refractivity contribution in [2.75, 3.05) is 0 Å². The summed E-state index contributed by atoms with van der Waals surface area (Å²) in [5.41, 5.74) is 3.74. The first-order valence-electron chi connectivity index (χ1n) is 4.91. The molecule has 2 rings (SSSR count). The molecule has 4 nitrogen and oxygen atoms in total. The third-order valence-electron chi connectivity index (χ3n) is 2.47. The second-order valence-corrected chi connectivity index (χ2v) is 3.99. The quantitative estimate of drug-likeness (QED) is 0.629. The summed E-state index contributed by atoms with van der Waals surface area (Å²) in [5.74, 6) is 6.42. The van der Waals surface area contributed by atoms with Crippen LogP contribution in [0.15, 0.2) is 36.7 Å². The molecule has 16 heavy (non-hydrogen) atoms. The van der Waals surface area contributed by atoms with E-state index in [9.17, 15) is 0 Å². The predicted octanol–water partition coefficient (Wildman–Crippen LogP) is 1.63. The fourth-order valence-corrected chi connectivity index (χ4v) is 1.86. The van der Waals surface area contributed by atoms with Gasteiger partial charge in [0.1, 0.15) is 11.9 Å². The van der Waals surface area contributed by atoms with Crippen LogP contribution in [-0.2, 0) is 7.05 Å². The number of aromatic nitrogens is 2. The summed E-state index contributed by atoms with van der Waals surface area (Å²) in [4.78, 5) is 4.27. The van der Waals surface area contributed by atoms with Crippen molar-refractivity contribution < 1.29 is 0 Å². The van der Waals surface area contributed by atoms with Gasteiger partial charge in [-0.25, -0.2) is 10.4 Å². The molecule has 0 aliphatic rings. The van der Waals surface area contributed by atoms with E-state index >= 15 is 0 Å². The van der Waals surface area contributed by atoms with Crippen LogP contribution in [0.5, 0.6) is 0 Å². The van der Waals surface area contributed by atoms with Gasteiger partial charge in [0.2, 0.25) is 0 Å². The first-order chi connectivity index (χ1) is 7.72. The summed E-state index contributed by atoms with van der Waals surface area (Å²) in [6.45, 7) is 0. The fourth-order valence-electron chi connectivity index (χ4n) is 1.66. The molecule has 0 saturated heterocycles. The fraction of sp³-hybridized carbons (Fsp3) is 0.182. The Morgan fingerprint density at radius 1 is 1.50 bits per heavy atom. The van der Waals surface area contributed by atoms with Gasteiger partial charge in [0.05, 0.1) is 0 Å². The molecule has 2 aromatic rings. The topological polar surface area (TPSA) is 55.9 Å². The van der Waals surface area contributed by atoms with Gasteiger partial charge in [0.25, 0.3) is 0 Å². The van der Waals surface area contributed by atoms with Crippen LogP contribution < -0.4 is 11.3 Å². The lowest BCUT2D eigenvalue weighted by Crippen LogP contribution is -2.30. The molecule has 1 atom stereocenters. The number of benzene rings is 1. The Morgan fingerprint density at radius 2 is 2.31 bits per heavy atom. The van der Waals surface area contributed by atoms with Gasteiger partial charge >= 0.3 is 0 Å². The molecule has 0 fully saturated rings. The summed E-state index contributed by atoms with van der Waals surface area (Å²) in [7, 11) is 1.93. The normalized spacial score (nSPS) is 12.7. The van der Waals surface area contributed by atoms with Gasteiger partial charge in [-0.1, -0.05) is 23.7 Å². The Balaban J connectivity index is 2.40. The van der Waals surface area contributed by atoms with Crippen molar-refractivity contribution in [2.24, 2.45) is 12.9 Å². The van der Waals surface area contributed by atoms with E-state index < -0.39 is 0 Å². The van der Waals surface area contributed by atoms with E-state index in [1.165, 1.54) is 0 Å². The molecule has 0 spiro atoms. The van der Waals surface area contributed by atoms with Gasteiger partial charge in [0, 0.05) is 24.5 Å². The van der Waals surface area contributed by atoms with Gasteiger partial charge in [-0.3, -0.25) is 5.84 Å². The standard InChI is InChI=1S/C11H13ClN4/c1-16-6-5-14-11(16)10(15-13)8-3-2-4-9(12)7-8/h2-7,10,15H,13H2,1H3. The number of nitrogens with two attached hydrogens (primary N) is 1. The Labute approximate surface area is 99.0 Å². The molecule has 1 aromatic heterocycles. The van der Waals surface area contributed by atoms with E-state index in [-0.39, 0.29) is 6.04 Å². The summed E-state index contributed by atoms with van der Waals surface area (Å²) < 4.78 is 1.92. The van der Waals surface area contributed by atoms with Gasteiger partial charge < -0.3 is 4.57 Å². The van der Waals surface area contributed by atoms with Crippen molar-refractivity contribution >= 4 is 11.6 Å². The maximum atomic E-state index is 5.95. The highest BCUT2D eigenvalue weighted by Gasteiger charge is 2.16. The van der Waals surface area contributed by atoms with Gasteiger partial charge in [-0.2, -0.15) is 0 Å². The number of aryl methyl sites for hydroxylation is 1. The van der Waals surface area contributed by atoms with Crippen LogP contribution in [0.2, 0.25) is 5.02 Å². The molecule has 0 amide bonds. The zero-order chi connectivity index (χ0) is 11.5. The predicted molar refractivity (Wildman–Crippen MR) is 63.8 cm³/mol. The van der Waals surface area contributed by atoms with Crippen LogP contribution in [-0.4, -0.2) is 9.55 Å². The minimum Gasteiger partial charge on any atom is -0.336 e. The lowest BCUT2D eigenvalue weighted by atomic mass is 10.1. The number of nitrogens with one attached hydrogen (secondary N) is 1. The van der Waals surface area contributed by atoms with Crippen molar-refractivity contribution in [3.63, 3.8) is 0 Å². The number of hydrazine groups is 1. The molecule has 0 radical (unpaired) electrons. The first-order valence-corrected chi connectivity index (χ1v) is 5.29. The van der Waals surface area contributed by atoms with Crippen LogP contribution in [0.4, 0.5) is 0 Å². The SMILES string of the molecule is Cn1ccnc1C(NN)c1cccc(Cl)c1. The second-order valence-electron chi connectivity index (χ2n) is 3.55. The van der Waals surface area contributed by atoms with Crippen LogP contribution in [0.3, 0.4) is 0 Å². The third-order valence-corrected chi connectivity index (χ3v) is 2.70. The van der Waals surface area contributed by atoms with E-state index in [1.54, 1.807) is 6.20 Å². The minimum absolute atomic E-state index is 0.154. The molecule has 1 aromatic carbocycles. The molecule has 3 N–H and O–H groups in total. The smallest absolute Gasteiger partial charge is 0.131 e. The Bertz CT molecular complexity index is 480. The van der Waals surface area contributed by atoms with E-state index in [4.69, 9.17) is 17.4 Å². The minimum atomic E-state index is -0.154. The summed E-state index contributed by atoms with van der Waals surface area (Å²) in [6.07, 6.45) is 3.62. The Morgan fingerprint density at radius 3 is 2.88 bits per heavy atom. The zero-order valence-electron chi connectivity index (χ0n) is 8.89. The van der Waals surface area contributed by atoms with E-state index in [2.05, 4.69) is 10.4 Å². The average molecular weight is 237 g/mol. The summed E-state index contributed by atoms with van der Waals surface area (Å²) in [6, 6.07) is 7.41. The van der Waals surface area contributed by atoms with Crippen LogP contribution in [0.1, 0.15) is 17.4 Å². The number of hydrogen-bond donors (Lipinski definition) is 2. The van der Waals surface area contributed by atoms with Crippen LogP contribution in [0, 0.1) is 0 Å². The number of halogens is 1. The van der Waals surface area contributed by atoms with Gasteiger partial charge in [-0.15, -0.1) is 0 Å². The molecule has 0 aliphatic heterocycles. The lowest BCUT2D eigenvalue weighted by Gasteiger charge is -2.16. The van der Waals surface area contributed by atoms with Gasteiger partial charge in [0.15, 0.2) is 0 Å². The van der Waals surface area contributed by atoms with Crippen molar-refractivity contribution in [3.05, 3.63) is 53.1 Å². The molecular weight excluding hydrogens is 224 g/mol. The maximum absolute atomic E-state index is 5.95. The monoisotopic (exact) mass is 236 g/mol. The number of hydrogen-bond acceptors (Lipinski definition) is 3. The number of rotatable bonds is 3. The molecule has 84 valence electrons. The highest BCUT2D eigenvalue weighted by molar-refractivity contribution is 6.30. The highest BCUT2D eigenvalue weighted by atomic mass is 35.5. The molecule has 5 heteroatoms. The van der Waals surface area contributed by atoms with E-state index in [0.717, 1.165) is 11.4 Å². The Kier molecular flexibility index (Phi) is 3.24. The van der Waals surface area contributed by atoms with Crippen molar-refractivity contribution in [1.82, 2.24) is 15.0 Å². The zero-order valence-corrected chi connectivity index (χ0v) is 9.65. The van der Waals surface area contributed by atoms with Crippen molar-refractivity contribution in [1.29, 1.82) is 0 Å². The third kappa shape index (κ3) is 2.09. The van der Waals surface area contributed by atoms with Crippen molar-refractivity contribution in [2.45, 2.75) is 6.04 Å². The largest absolute Gasteiger partial charge is 0.336 e. The summed E-state index contributed by atoms with van der Waals surface area (Å²) in [5, 5.41) is 0.687. The number of imidazole rings is 1. The molecule has 0 saturated carbocycles. The van der Waals surface area contributed by atoms with Crippen LogP contribution >= 0.6 is 11.6 Å². The van der Waals surface area contributed by atoms with Crippen molar-refractivity contribution in [3.8, 4) is 0 Å². The van der Waals surface area contributed by atoms with E-state index in [1.807, 2.05) is 42.1 Å². The van der Waals surface area contributed by atoms with E-state index in [0.29, 0.717) is 5.02 Å². The molecule has 1 unspecified atom stereocenters. The van der Waals surface area contributed by atoms with Crippen LogP contribution in [0.25, 0.3) is 0 Å². The lowest BCUT2D eigenvalue weighted by molar-refractivity contribution is 0.580. The maximum Gasteiger partial charge on any atom is 0.131 e. The first kappa shape index (κ1) is 11.1. The second kappa shape index (κ2) is 4.65. The Hall–Kier alpha value is -1.36.